The van der Waals surface area contributed by atoms with Crippen molar-refractivity contribution in [1.29, 1.82) is 0 Å². The summed E-state index contributed by atoms with van der Waals surface area (Å²) in [5.41, 5.74) is 11.5. The number of benzene rings is 1. The number of anilines is 3. The molecule has 0 aliphatic carbocycles. The van der Waals surface area contributed by atoms with E-state index in [2.05, 4.69) is 31.6 Å². The van der Waals surface area contributed by atoms with Crippen molar-refractivity contribution < 1.29 is 8.42 Å². The quantitative estimate of drug-likeness (QED) is 0.144. The first kappa shape index (κ1) is 16.2. The average Bonchev–Trinajstić information content (AvgIpc) is 2.40. The van der Waals surface area contributed by atoms with E-state index in [9.17, 15) is 8.42 Å². The number of nitrogens with one attached hydrogen (secondary N) is 3. The van der Waals surface area contributed by atoms with Crippen molar-refractivity contribution >= 4 is 39.0 Å². The molecular weight excluding hydrogens is 298 g/mol. The average molecular weight is 314 g/mol. The largest absolute Gasteiger partial charge is 0.368 e. The topological polar surface area (TPSA) is 199 Å². The maximum Gasteiger partial charge on any atom is 0.229 e. The first-order chi connectivity index (χ1) is 9.76. The Labute approximate surface area is 121 Å². The molecule has 0 saturated carbocycles. The minimum Gasteiger partial charge on any atom is -0.368 e. The summed E-state index contributed by atoms with van der Waals surface area (Å²) >= 11 is 0. The summed E-state index contributed by atoms with van der Waals surface area (Å²) in [6, 6.07) is 5.63. The number of hydrazone groups is 2. The van der Waals surface area contributed by atoms with E-state index in [0.717, 1.165) is 6.26 Å². The third-order valence-electron chi connectivity index (χ3n) is 2.09. The van der Waals surface area contributed by atoms with Crippen LogP contribution in [0.2, 0.25) is 0 Å². The van der Waals surface area contributed by atoms with Gasteiger partial charge in [-0.05, 0) is 18.2 Å². The SMILES string of the molecule is CS(=O)(=O)Nc1c(NC(N)=NN)c[c]cc1NC(N)=NN. The molecule has 0 unspecified atom stereocenters. The van der Waals surface area contributed by atoms with Crippen LogP contribution in [0.15, 0.2) is 22.3 Å². The first-order valence-electron chi connectivity index (χ1n) is 5.39. The molecule has 11 nitrogen and oxygen atoms in total. The summed E-state index contributed by atoms with van der Waals surface area (Å²) in [5.74, 6) is 9.78. The molecule has 0 bridgehead atoms. The maximum absolute atomic E-state index is 11.5. The van der Waals surface area contributed by atoms with Crippen LogP contribution in [0.1, 0.15) is 0 Å². The van der Waals surface area contributed by atoms with Crippen molar-refractivity contribution in [2.45, 2.75) is 0 Å². The van der Waals surface area contributed by atoms with E-state index < -0.39 is 10.0 Å². The molecule has 1 aromatic carbocycles. The number of hydrogen-bond donors (Lipinski definition) is 7. The number of nitrogens with zero attached hydrogens (tertiary/aromatic N) is 2. The Kier molecular flexibility index (Phi) is 5.01. The molecule has 0 heterocycles. The van der Waals surface area contributed by atoms with Crippen molar-refractivity contribution in [3.8, 4) is 0 Å². The van der Waals surface area contributed by atoms with E-state index in [0.29, 0.717) is 0 Å². The van der Waals surface area contributed by atoms with Crippen LogP contribution < -0.4 is 38.5 Å². The Morgan fingerprint density at radius 3 is 1.86 bits per heavy atom. The van der Waals surface area contributed by atoms with Crippen LogP contribution in [-0.4, -0.2) is 26.6 Å². The lowest BCUT2D eigenvalue weighted by atomic mass is 10.2. The van der Waals surface area contributed by atoms with E-state index in [4.69, 9.17) is 23.2 Å². The predicted octanol–water partition coefficient (Wildman–Crippen LogP) is -1.94. The van der Waals surface area contributed by atoms with Crippen LogP contribution in [0.5, 0.6) is 0 Å². The second kappa shape index (κ2) is 6.51. The maximum atomic E-state index is 11.5. The summed E-state index contributed by atoms with van der Waals surface area (Å²) < 4.78 is 25.2. The number of nitrogens with two attached hydrogens (primary N) is 4. The summed E-state index contributed by atoms with van der Waals surface area (Å²) in [6.45, 7) is 0. The lowest BCUT2D eigenvalue weighted by Gasteiger charge is -2.16. The zero-order chi connectivity index (χ0) is 16.0. The van der Waals surface area contributed by atoms with Gasteiger partial charge in [0.1, 0.15) is 0 Å². The fraction of sp³-hybridized carbons (Fsp3) is 0.111. The third kappa shape index (κ3) is 4.94. The van der Waals surface area contributed by atoms with Gasteiger partial charge in [0.2, 0.25) is 21.9 Å². The predicted molar refractivity (Wildman–Crippen MR) is 82.6 cm³/mol. The summed E-state index contributed by atoms with van der Waals surface area (Å²) in [7, 11) is -3.57. The van der Waals surface area contributed by atoms with E-state index >= 15 is 0 Å². The van der Waals surface area contributed by atoms with Crippen molar-refractivity contribution in [3.05, 3.63) is 18.2 Å². The summed E-state index contributed by atoms with van der Waals surface area (Å²) in [6.07, 6.45) is 0.984. The molecule has 0 spiro atoms. The monoisotopic (exact) mass is 314 g/mol. The highest BCUT2D eigenvalue weighted by Crippen LogP contribution is 2.31. The molecule has 0 aliphatic heterocycles. The number of guanidine groups is 2. The van der Waals surface area contributed by atoms with Crippen LogP contribution in [0, 0.1) is 6.07 Å². The Morgan fingerprint density at radius 1 is 1.10 bits per heavy atom. The van der Waals surface area contributed by atoms with Gasteiger partial charge in [-0.3, -0.25) is 4.72 Å². The third-order valence-corrected chi connectivity index (χ3v) is 2.66. The second-order valence-corrected chi connectivity index (χ2v) is 5.56. The van der Waals surface area contributed by atoms with Crippen LogP contribution in [0.4, 0.5) is 17.1 Å². The smallest absolute Gasteiger partial charge is 0.229 e. The van der Waals surface area contributed by atoms with Crippen LogP contribution >= 0.6 is 0 Å². The number of rotatable bonds is 4. The summed E-state index contributed by atoms with van der Waals surface area (Å²) in [4.78, 5) is 0. The number of hydrogen-bond acceptors (Lipinski definition) is 6. The molecule has 1 rings (SSSR count). The van der Waals surface area contributed by atoms with Crippen LogP contribution in [0.25, 0.3) is 0 Å². The second-order valence-electron chi connectivity index (χ2n) is 3.81. The van der Waals surface area contributed by atoms with Gasteiger partial charge in [0.25, 0.3) is 0 Å². The molecule has 12 heteroatoms. The minimum atomic E-state index is -3.57. The van der Waals surface area contributed by atoms with E-state index in [1.165, 1.54) is 12.1 Å². The Morgan fingerprint density at radius 2 is 1.52 bits per heavy atom. The molecule has 1 aromatic rings. The number of sulfonamides is 1. The molecule has 0 atom stereocenters. The van der Waals surface area contributed by atoms with Crippen molar-refractivity contribution in [1.82, 2.24) is 0 Å². The van der Waals surface area contributed by atoms with E-state index in [1.54, 1.807) is 0 Å². The molecule has 0 aromatic heterocycles. The van der Waals surface area contributed by atoms with Crippen LogP contribution in [-0.2, 0) is 10.0 Å². The highest BCUT2D eigenvalue weighted by Gasteiger charge is 2.14. The fourth-order valence-electron chi connectivity index (χ4n) is 1.33. The van der Waals surface area contributed by atoms with E-state index in [-0.39, 0.29) is 29.0 Å². The minimum absolute atomic E-state index is 0.120. The fourth-order valence-corrected chi connectivity index (χ4v) is 1.92. The summed E-state index contributed by atoms with van der Waals surface area (Å²) in [5, 5.41) is 11.7. The van der Waals surface area contributed by atoms with Gasteiger partial charge >= 0.3 is 0 Å². The molecule has 0 saturated heterocycles. The van der Waals surface area contributed by atoms with Crippen molar-refractivity contribution in [2.24, 2.45) is 33.4 Å². The first-order valence-corrected chi connectivity index (χ1v) is 7.28. The molecule has 0 amide bonds. The molecule has 11 N–H and O–H groups in total. The highest BCUT2D eigenvalue weighted by molar-refractivity contribution is 7.92. The molecule has 0 aliphatic rings. The van der Waals surface area contributed by atoms with Gasteiger partial charge in [0.15, 0.2) is 0 Å². The Hall–Kier alpha value is -2.89. The highest BCUT2D eigenvalue weighted by atomic mass is 32.2. The Balaban J connectivity index is 3.33. The van der Waals surface area contributed by atoms with Gasteiger partial charge in [-0.25, -0.2) is 8.42 Å². The van der Waals surface area contributed by atoms with E-state index in [1.807, 2.05) is 0 Å². The van der Waals surface area contributed by atoms with Crippen LogP contribution in [0.3, 0.4) is 0 Å². The van der Waals surface area contributed by atoms with Crippen molar-refractivity contribution in [2.75, 3.05) is 21.6 Å². The van der Waals surface area contributed by atoms with Gasteiger partial charge in [0, 0.05) is 0 Å². The lowest BCUT2D eigenvalue weighted by Crippen LogP contribution is -2.27. The standard InChI is InChI=1S/C9H16N9O2S/c1-21(19,20)18-7-5(14-8(10)16-12)3-2-4-6(7)15-9(11)17-13/h3-4,18H,12-13H2,1H3,(H3,10,14,16)(H3,11,15,17). The van der Waals surface area contributed by atoms with Gasteiger partial charge in [0.05, 0.1) is 23.3 Å². The zero-order valence-electron chi connectivity index (χ0n) is 11.1. The zero-order valence-corrected chi connectivity index (χ0v) is 11.9. The van der Waals surface area contributed by atoms with Crippen molar-refractivity contribution in [3.63, 3.8) is 0 Å². The van der Waals surface area contributed by atoms with Gasteiger partial charge in [-0.2, -0.15) is 0 Å². The van der Waals surface area contributed by atoms with Gasteiger partial charge in [-0.15, -0.1) is 10.2 Å². The lowest BCUT2D eigenvalue weighted by molar-refractivity contribution is 0.607. The Bertz CT molecular complexity index is 630. The van der Waals surface area contributed by atoms with Gasteiger partial charge in [-0.1, -0.05) is 0 Å². The molecule has 1 radical (unpaired) electrons. The molecule has 21 heavy (non-hydrogen) atoms. The van der Waals surface area contributed by atoms with Gasteiger partial charge < -0.3 is 33.8 Å². The molecule has 0 fully saturated rings. The molecular formula is C9H16N9O2S. The molecule has 115 valence electrons. The normalized spacial score (nSPS) is 12.8.